The number of hydrogen-bond donors (Lipinski definition) is 0. The van der Waals surface area contributed by atoms with Crippen molar-refractivity contribution in [1.29, 1.82) is 0 Å². The Labute approximate surface area is 137 Å². The van der Waals surface area contributed by atoms with E-state index in [-0.39, 0.29) is 23.1 Å². The molecule has 0 N–H and O–H groups in total. The van der Waals surface area contributed by atoms with Crippen LogP contribution in [0.4, 0.5) is 9.18 Å². The highest BCUT2D eigenvalue weighted by molar-refractivity contribution is 5.68. The average molecular weight is 323 g/mol. The predicted octanol–water partition coefficient (Wildman–Crippen LogP) is 4.02. The van der Waals surface area contributed by atoms with E-state index in [4.69, 9.17) is 9.47 Å². The fourth-order valence-electron chi connectivity index (χ4n) is 2.96. The van der Waals surface area contributed by atoms with Crippen molar-refractivity contribution in [3.8, 4) is 5.75 Å². The quantitative estimate of drug-likeness (QED) is 0.843. The molecule has 1 aromatic rings. The maximum atomic E-state index is 13.8. The molecule has 1 aromatic carbocycles. The largest absolute Gasteiger partial charge is 0.494 e. The molecule has 1 fully saturated rings. The summed E-state index contributed by atoms with van der Waals surface area (Å²) in [7, 11) is 1.45. The van der Waals surface area contributed by atoms with Crippen LogP contribution in [0.5, 0.6) is 5.75 Å². The minimum atomic E-state index is -0.491. The second-order valence-electron chi connectivity index (χ2n) is 7.61. The zero-order valence-electron chi connectivity index (χ0n) is 14.6. The predicted molar refractivity (Wildman–Crippen MR) is 87.2 cm³/mol. The van der Waals surface area contributed by atoms with E-state index in [1.807, 2.05) is 26.8 Å². The molecule has 0 spiro atoms. The third-order valence-electron chi connectivity index (χ3n) is 4.06. The molecule has 1 aliphatic heterocycles. The maximum absolute atomic E-state index is 13.8. The molecule has 1 heterocycles. The van der Waals surface area contributed by atoms with Gasteiger partial charge in [0.05, 0.1) is 7.11 Å². The first kappa shape index (κ1) is 17.6. The van der Waals surface area contributed by atoms with E-state index in [0.717, 1.165) is 12.0 Å². The molecule has 1 atom stereocenters. The molecule has 4 nitrogen and oxygen atoms in total. The number of rotatable bonds is 3. The van der Waals surface area contributed by atoms with Gasteiger partial charge in [-0.3, -0.25) is 0 Å². The molecule has 5 heteroatoms. The third-order valence-corrected chi connectivity index (χ3v) is 4.06. The van der Waals surface area contributed by atoms with Gasteiger partial charge in [-0.2, -0.15) is 0 Å². The number of methoxy groups -OCH3 is 1. The molecule has 0 bridgehead atoms. The van der Waals surface area contributed by atoms with Gasteiger partial charge in [-0.1, -0.05) is 13.0 Å². The normalized spacial score (nSPS) is 21.4. The highest BCUT2D eigenvalue weighted by Gasteiger charge is 2.37. The summed E-state index contributed by atoms with van der Waals surface area (Å²) < 4.78 is 24.2. The van der Waals surface area contributed by atoms with Crippen LogP contribution >= 0.6 is 0 Å². The Balaban J connectivity index is 2.01. The number of benzene rings is 1. The molecule has 0 aliphatic carbocycles. The molecular weight excluding hydrogens is 297 g/mol. The van der Waals surface area contributed by atoms with Crippen LogP contribution in [0, 0.1) is 11.2 Å². The van der Waals surface area contributed by atoms with Crippen molar-refractivity contribution in [1.82, 2.24) is 4.90 Å². The van der Waals surface area contributed by atoms with E-state index in [0.29, 0.717) is 19.5 Å². The van der Waals surface area contributed by atoms with Crippen molar-refractivity contribution >= 4 is 6.09 Å². The monoisotopic (exact) mass is 323 g/mol. The Hall–Kier alpha value is -1.78. The first-order chi connectivity index (χ1) is 10.6. The number of nitrogens with zero attached hydrogens (tertiary/aromatic N) is 1. The van der Waals surface area contributed by atoms with Gasteiger partial charge in [0.2, 0.25) is 0 Å². The SMILES string of the molecule is COc1ccc(CC2(C)CCN(C(=O)OC(C)(C)C)C2)cc1F. The van der Waals surface area contributed by atoms with E-state index >= 15 is 0 Å². The maximum Gasteiger partial charge on any atom is 0.410 e. The van der Waals surface area contributed by atoms with Gasteiger partial charge in [0.1, 0.15) is 5.60 Å². The standard InChI is InChI=1S/C18H26FNO3/c1-17(2,3)23-16(21)20-9-8-18(4,12-20)11-13-6-7-15(22-5)14(19)10-13/h6-7,10H,8-9,11-12H2,1-5H3. The summed E-state index contributed by atoms with van der Waals surface area (Å²) in [6, 6.07) is 5.04. The number of likely N-dealkylation sites (tertiary alicyclic amines) is 1. The molecule has 128 valence electrons. The zero-order valence-corrected chi connectivity index (χ0v) is 14.6. The summed E-state index contributed by atoms with van der Waals surface area (Å²) in [5, 5.41) is 0. The van der Waals surface area contributed by atoms with Crippen molar-refractivity contribution in [3.63, 3.8) is 0 Å². The van der Waals surface area contributed by atoms with Gasteiger partial charge in [0.15, 0.2) is 11.6 Å². The van der Waals surface area contributed by atoms with Crippen molar-refractivity contribution in [2.24, 2.45) is 5.41 Å². The van der Waals surface area contributed by atoms with Gasteiger partial charge in [-0.05, 0) is 56.7 Å². The molecule has 1 unspecified atom stereocenters. The molecule has 0 saturated carbocycles. The van der Waals surface area contributed by atoms with Crippen LogP contribution < -0.4 is 4.74 Å². The summed E-state index contributed by atoms with van der Waals surface area (Å²) in [4.78, 5) is 13.9. The Bertz CT molecular complexity index is 582. The molecule has 23 heavy (non-hydrogen) atoms. The summed E-state index contributed by atoms with van der Waals surface area (Å²) >= 11 is 0. The van der Waals surface area contributed by atoms with Crippen LogP contribution in [0.25, 0.3) is 0 Å². The van der Waals surface area contributed by atoms with Gasteiger partial charge in [-0.15, -0.1) is 0 Å². The number of hydrogen-bond acceptors (Lipinski definition) is 3. The van der Waals surface area contributed by atoms with Gasteiger partial charge < -0.3 is 14.4 Å². The Morgan fingerprint density at radius 3 is 2.65 bits per heavy atom. The third kappa shape index (κ3) is 4.60. The molecule has 0 radical (unpaired) electrons. The first-order valence-corrected chi connectivity index (χ1v) is 7.92. The Morgan fingerprint density at radius 1 is 1.39 bits per heavy atom. The summed E-state index contributed by atoms with van der Waals surface area (Å²) in [6.45, 7) is 9.00. The summed E-state index contributed by atoms with van der Waals surface area (Å²) in [6.07, 6.45) is 1.31. The zero-order chi connectivity index (χ0) is 17.3. The average Bonchev–Trinajstić information content (AvgIpc) is 2.79. The van der Waals surface area contributed by atoms with Crippen LogP contribution in [-0.2, 0) is 11.2 Å². The van der Waals surface area contributed by atoms with Crippen LogP contribution in [0.1, 0.15) is 39.7 Å². The number of carbonyl (C=O) groups is 1. The van der Waals surface area contributed by atoms with Crippen molar-refractivity contribution in [3.05, 3.63) is 29.6 Å². The van der Waals surface area contributed by atoms with Gasteiger partial charge >= 0.3 is 6.09 Å². The van der Waals surface area contributed by atoms with Crippen molar-refractivity contribution in [2.45, 2.75) is 46.1 Å². The topological polar surface area (TPSA) is 38.8 Å². The fraction of sp³-hybridized carbons (Fsp3) is 0.611. The second-order valence-corrected chi connectivity index (χ2v) is 7.61. The van der Waals surface area contributed by atoms with E-state index in [1.165, 1.54) is 13.2 Å². The number of ether oxygens (including phenoxy) is 2. The second kappa shape index (κ2) is 6.38. The molecule has 1 aliphatic rings. The fourth-order valence-corrected chi connectivity index (χ4v) is 2.96. The van der Waals surface area contributed by atoms with Gasteiger partial charge in [-0.25, -0.2) is 9.18 Å². The lowest BCUT2D eigenvalue weighted by Crippen LogP contribution is -2.36. The minimum Gasteiger partial charge on any atom is -0.494 e. The first-order valence-electron chi connectivity index (χ1n) is 7.92. The molecule has 2 rings (SSSR count). The lowest BCUT2D eigenvalue weighted by molar-refractivity contribution is 0.0275. The highest BCUT2D eigenvalue weighted by atomic mass is 19.1. The number of carbonyl (C=O) groups excluding carboxylic acids is 1. The van der Waals surface area contributed by atoms with Crippen LogP contribution in [0.2, 0.25) is 0 Å². The van der Waals surface area contributed by atoms with Gasteiger partial charge in [0, 0.05) is 13.1 Å². The van der Waals surface area contributed by atoms with Crippen LogP contribution in [0.15, 0.2) is 18.2 Å². The lowest BCUT2D eigenvalue weighted by atomic mass is 9.83. The number of halogens is 1. The van der Waals surface area contributed by atoms with E-state index in [1.54, 1.807) is 11.0 Å². The van der Waals surface area contributed by atoms with Gasteiger partial charge in [0.25, 0.3) is 0 Å². The van der Waals surface area contributed by atoms with E-state index in [9.17, 15) is 9.18 Å². The lowest BCUT2D eigenvalue weighted by Gasteiger charge is -2.27. The highest BCUT2D eigenvalue weighted by Crippen LogP contribution is 2.35. The molecular formula is C18H26FNO3. The molecule has 1 saturated heterocycles. The van der Waals surface area contributed by atoms with E-state index < -0.39 is 5.60 Å². The Kier molecular flexibility index (Phi) is 4.87. The van der Waals surface area contributed by atoms with Crippen molar-refractivity contribution in [2.75, 3.05) is 20.2 Å². The number of amides is 1. The van der Waals surface area contributed by atoms with Crippen LogP contribution in [0.3, 0.4) is 0 Å². The van der Waals surface area contributed by atoms with E-state index in [2.05, 4.69) is 6.92 Å². The Morgan fingerprint density at radius 2 is 2.09 bits per heavy atom. The van der Waals surface area contributed by atoms with Crippen LogP contribution in [-0.4, -0.2) is 36.8 Å². The van der Waals surface area contributed by atoms with Crippen molar-refractivity contribution < 1.29 is 18.7 Å². The summed E-state index contributed by atoms with van der Waals surface area (Å²) in [5.74, 6) is -0.101. The molecule has 0 aromatic heterocycles. The summed E-state index contributed by atoms with van der Waals surface area (Å²) in [5.41, 5.74) is 0.351. The molecule has 1 amide bonds. The smallest absolute Gasteiger partial charge is 0.410 e. The minimum absolute atomic E-state index is 0.0715.